The molecule has 0 aliphatic heterocycles. The van der Waals surface area contributed by atoms with E-state index in [2.05, 4.69) is 27.3 Å². The van der Waals surface area contributed by atoms with Crippen molar-refractivity contribution in [3.05, 3.63) is 18.3 Å². The van der Waals surface area contributed by atoms with Crippen molar-refractivity contribution in [1.82, 2.24) is 19.7 Å². The van der Waals surface area contributed by atoms with Gasteiger partial charge < -0.3 is 16.2 Å². The molecule has 4 N–H and O–H groups in total. The zero-order chi connectivity index (χ0) is 13.7. The van der Waals surface area contributed by atoms with Gasteiger partial charge in [0.05, 0.1) is 18.0 Å². The summed E-state index contributed by atoms with van der Waals surface area (Å²) in [5.74, 6) is 0.794. The van der Waals surface area contributed by atoms with Gasteiger partial charge in [0.1, 0.15) is 5.82 Å². The Labute approximate surface area is 111 Å². The molecular weight excluding hydrogens is 244 g/mol. The van der Waals surface area contributed by atoms with Crippen molar-refractivity contribution in [2.45, 2.75) is 19.9 Å². The van der Waals surface area contributed by atoms with Gasteiger partial charge in [-0.15, -0.1) is 0 Å². The minimum atomic E-state index is 0.0347. The Morgan fingerprint density at radius 2 is 2.26 bits per heavy atom. The topological polar surface area (TPSA) is 102 Å². The smallest absolute Gasteiger partial charge is 0.222 e. The summed E-state index contributed by atoms with van der Waals surface area (Å²) in [6.45, 7) is 3.37. The van der Waals surface area contributed by atoms with E-state index < -0.39 is 0 Å². The van der Waals surface area contributed by atoms with Crippen LogP contribution in [0.25, 0.3) is 11.4 Å². The first kappa shape index (κ1) is 13.3. The number of rotatable bonds is 6. The predicted octanol–water partition coefficient (Wildman–Crippen LogP) is 0.737. The van der Waals surface area contributed by atoms with Crippen LogP contribution in [0, 0.1) is 0 Å². The van der Waals surface area contributed by atoms with Gasteiger partial charge >= 0.3 is 0 Å². The zero-order valence-corrected chi connectivity index (χ0v) is 10.9. The standard InChI is InChI=1S/C12H18N6O/c1-2-6-18-10(3-4-15-18)9-8-11(14-5-7-19)17-12(13)16-9/h3-4,8,19H,2,5-7H2,1H3,(H3,13,14,16,17). The molecule has 2 heterocycles. The van der Waals surface area contributed by atoms with E-state index in [-0.39, 0.29) is 12.6 Å². The number of aliphatic hydroxyl groups is 1. The molecule has 7 heteroatoms. The van der Waals surface area contributed by atoms with Gasteiger partial charge in [0.15, 0.2) is 0 Å². The van der Waals surface area contributed by atoms with E-state index in [9.17, 15) is 0 Å². The van der Waals surface area contributed by atoms with Crippen molar-refractivity contribution in [3.8, 4) is 11.4 Å². The van der Waals surface area contributed by atoms with Crippen LogP contribution in [0.1, 0.15) is 13.3 Å². The number of hydrogen-bond acceptors (Lipinski definition) is 6. The normalized spacial score (nSPS) is 10.6. The summed E-state index contributed by atoms with van der Waals surface area (Å²) >= 11 is 0. The van der Waals surface area contributed by atoms with E-state index in [1.54, 1.807) is 12.3 Å². The predicted molar refractivity (Wildman–Crippen MR) is 73.5 cm³/mol. The second-order valence-electron chi connectivity index (χ2n) is 4.09. The average molecular weight is 262 g/mol. The monoisotopic (exact) mass is 262 g/mol. The molecule has 0 aliphatic carbocycles. The molecule has 0 saturated heterocycles. The van der Waals surface area contributed by atoms with E-state index >= 15 is 0 Å². The second-order valence-corrected chi connectivity index (χ2v) is 4.09. The summed E-state index contributed by atoms with van der Waals surface area (Å²) < 4.78 is 1.89. The van der Waals surface area contributed by atoms with E-state index in [1.165, 1.54) is 0 Å². The molecule has 2 rings (SSSR count). The number of hydrogen-bond donors (Lipinski definition) is 3. The summed E-state index contributed by atoms with van der Waals surface area (Å²) in [5.41, 5.74) is 7.33. The fraction of sp³-hybridized carbons (Fsp3) is 0.417. The van der Waals surface area contributed by atoms with Gasteiger partial charge in [-0.25, -0.2) is 4.98 Å². The number of nitrogen functional groups attached to an aromatic ring is 1. The van der Waals surface area contributed by atoms with E-state index in [1.807, 2.05) is 10.7 Å². The largest absolute Gasteiger partial charge is 0.395 e. The number of nitrogens with two attached hydrogens (primary N) is 1. The number of aliphatic hydroxyl groups excluding tert-OH is 1. The third-order valence-corrected chi connectivity index (χ3v) is 2.58. The maximum absolute atomic E-state index is 8.81. The number of aryl methyl sites for hydroxylation is 1. The van der Waals surface area contributed by atoms with Crippen molar-refractivity contribution in [2.24, 2.45) is 0 Å². The van der Waals surface area contributed by atoms with Crippen LogP contribution in [0.4, 0.5) is 11.8 Å². The van der Waals surface area contributed by atoms with Gasteiger partial charge in [-0.1, -0.05) is 6.92 Å². The van der Waals surface area contributed by atoms with Gasteiger partial charge in [0.2, 0.25) is 5.95 Å². The molecule has 7 nitrogen and oxygen atoms in total. The molecule has 0 aliphatic rings. The Balaban J connectivity index is 2.32. The van der Waals surface area contributed by atoms with Gasteiger partial charge in [-0.3, -0.25) is 4.68 Å². The molecule has 0 unspecified atom stereocenters. The van der Waals surface area contributed by atoms with E-state index in [0.717, 1.165) is 24.4 Å². The summed E-state index contributed by atoms with van der Waals surface area (Å²) in [6.07, 6.45) is 2.73. The van der Waals surface area contributed by atoms with Gasteiger partial charge in [-0.2, -0.15) is 10.1 Å². The maximum Gasteiger partial charge on any atom is 0.222 e. The molecule has 0 bridgehead atoms. The van der Waals surface area contributed by atoms with Crippen LogP contribution in [0.15, 0.2) is 18.3 Å². The number of aromatic nitrogens is 4. The average Bonchev–Trinajstić information content (AvgIpc) is 2.84. The molecular formula is C12H18N6O. The Morgan fingerprint density at radius 3 is 3.00 bits per heavy atom. The molecule has 0 amide bonds. The lowest BCUT2D eigenvalue weighted by atomic mass is 10.3. The first-order chi connectivity index (χ1) is 9.24. The van der Waals surface area contributed by atoms with Crippen molar-refractivity contribution in [2.75, 3.05) is 24.2 Å². The lowest BCUT2D eigenvalue weighted by Crippen LogP contribution is -2.10. The van der Waals surface area contributed by atoms with Crippen molar-refractivity contribution >= 4 is 11.8 Å². The van der Waals surface area contributed by atoms with Crippen LogP contribution in [0.2, 0.25) is 0 Å². The van der Waals surface area contributed by atoms with Crippen molar-refractivity contribution < 1.29 is 5.11 Å². The van der Waals surface area contributed by atoms with Crippen molar-refractivity contribution in [1.29, 1.82) is 0 Å². The first-order valence-electron chi connectivity index (χ1n) is 6.26. The third-order valence-electron chi connectivity index (χ3n) is 2.58. The Morgan fingerprint density at radius 1 is 1.42 bits per heavy atom. The molecule has 0 saturated carbocycles. The highest BCUT2D eigenvalue weighted by Crippen LogP contribution is 2.20. The lowest BCUT2D eigenvalue weighted by molar-refractivity contribution is 0.311. The third kappa shape index (κ3) is 3.19. The van der Waals surface area contributed by atoms with Crippen LogP contribution in [0.3, 0.4) is 0 Å². The molecule has 2 aromatic rings. The van der Waals surface area contributed by atoms with Crippen LogP contribution in [-0.2, 0) is 6.54 Å². The van der Waals surface area contributed by atoms with Crippen LogP contribution in [-0.4, -0.2) is 38.0 Å². The number of anilines is 2. The lowest BCUT2D eigenvalue weighted by Gasteiger charge is -2.09. The summed E-state index contributed by atoms with van der Waals surface area (Å²) in [6, 6.07) is 3.70. The molecule has 0 spiro atoms. The van der Waals surface area contributed by atoms with Gasteiger partial charge in [-0.05, 0) is 12.5 Å². The SMILES string of the molecule is CCCn1nccc1-c1cc(NCCO)nc(N)n1. The van der Waals surface area contributed by atoms with Gasteiger partial charge in [0, 0.05) is 25.4 Å². The number of nitrogens with one attached hydrogen (secondary N) is 1. The molecule has 0 atom stereocenters. The zero-order valence-electron chi connectivity index (χ0n) is 10.9. The minimum absolute atomic E-state index is 0.0347. The summed E-state index contributed by atoms with van der Waals surface area (Å²) in [7, 11) is 0. The highest BCUT2D eigenvalue weighted by atomic mass is 16.3. The van der Waals surface area contributed by atoms with Crippen LogP contribution in [0.5, 0.6) is 0 Å². The Kier molecular flexibility index (Phi) is 4.30. The Hall–Kier alpha value is -2.15. The Bertz CT molecular complexity index is 539. The highest BCUT2D eigenvalue weighted by Gasteiger charge is 2.09. The molecule has 0 radical (unpaired) electrons. The highest BCUT2D eigenvalue weighted by molar-refractivity contribution is 5.60. The van der Waals surface area contributed by atoms with Crippen LogP contribution < -0.4 is 11.1 Å². The first-order valence-corrected chi connectivity index (χ1v) is 6.26. The molecule has 0 fully saturated rings. The summed E-state index contributed by atoms with van der Waals surface area (Å²) in [4.78, 5) is 8.30. The molecule has 0 aromatic carbocycles. The van der Waals surface area contributed by atoms with E-state index in [4.69, 9.17) is 10.8 Å². The maximum atomic E-state index is 8.81. The molecule has 102 valence electrons. The summed E-state index contributed by atoms with van der Waals surface area (Å²) in [5, 5.41) is 16.0. The number of nitrogens with zero attached hydrogens (tertiary/aromatic N) is 4. The fourth-order valence-corrected chi connectivity index (χ4v) is 1.81. The van der Waals surface area contributed by atoms with E-state index in [0.29, 0.717) is 12.4 Å². The fourth-order valence-electron chi connectivity index (χ4n) is 1.81. The molecule has 2 aromatic heterocycles. The van der Waals surface area contributed by atoms with Gasteiger partial charge in [0.25, 0.3) is 0 Å². The van der Waals surface area contributed by atoms with Crippen LogP contribution >= 0.6 is 0 Å². The van der Waals surface area contributed by atoms with Crippen molar-refractivity contribution in [3.63, 3.8) is 0 Å². The second kappa shape index (κ2) is 6.14. The quantitative estimate of drug-likeness (QED) is 0.709. The molecule has 19 heavy (non-hydrogen) atoms. The minimum Gasteiger partial charge on any atom is -0.395 e.